The molecule has 1 nitrogen and oxygen atoms in total. The van der Waals surface area contributed by atoms with Crippen molar-refractivity contribution < 1.29 is 4.39 Å². The second kappa shape index (κ2) is 3.43. The molecule has 3 heteroatoms. The van der Waals surface area contributed by atoms with E-state index in [4.69, 9.17) is 5.73 Å². The average Bonchev–Trinajstić information content (AvgIpc) is 2.26. The monoisotopic (exact) mass is 215 g/mol. The summed E-state index contributed by atoms with van der Waals surface area (Å²) in [6.07, 6.45) is 1.97. The smallest absolute Gasteiger partial charge is 0.129 e. The Bertz CT molecular complexity index is 361. The van der Waals surface area contributed by atoms with Crippen LogP contribution in [0, 0.1) is 5.82 Å². The van der Waals surface area contributed by atoms with E-state index in [-0.39, 0.29) is 23.6 Å². The van der Waals surface area contributed by atoms with Gasteiger partial charge in [0.05, 0.1) is 0 Å². The van der Waals surface area contributed by atoms with E-state index < -0.39 is 0 Å². The van der Waals surface area contributed by atoms with E-state index >= 15 is 0 Å². The van der Waals surface area contributed by atoms with Gasteiger partial charge in [-0.2, -0.15) is 0 Å². The van der Waals surface area contributed by atoms with Crippen molar-refractivity contribution in [3.05, 3.63) is 29.1 Å². The van der Waals surface area contributed by atoms with E-state index in [2.05, 4.69) is 13.8 Å². The molecule has 0 heterocycles. The van der Waals surface area contributed by atoms with Crippen molar-refractivity contribution in [3.8, 4) is 0 Å². The SMILES string of the molecule is CC1(C)CCc2cc(N)cc(F)c21.Cl. The molecule has 0 atom stereocenters. The fraction of sp³-hybridized carbons (Fsp3) is 0.455. The Balaban J connectivity index is 0.000000980. The number of hydrogen-bond acceptors (Lipinski definition) is 1. The summed E-state index contributed by atoms with van der Waals surface area (Å²) in [5.41, 5.74) is 8.04. The molecule has 1 aliphatic rings. The van der Waals surface area contributed by atoms with Crippen LogP contribution in [0.2, 0.25) is 0 Å². The fourth-order valence-corrected chi connectivity index (χ4v) is 2.21. The van der Waals surface area contributed by atoms with E-state index in [0.717, 1.165) is 24.0 Å². The first-order chi connectivity index (χ1) is 6.00. The lowest BCUT2D eigenvalue weighted by molar-refractivity contribution is 0.488. The standard InChI is InChI=1S/C11H14FN.ClH/c1-11(2)4-3-7-5-8(13)6-9(12)10(7)11;/h5-6H,3-4,13H2,1-2H3;1H. The van der Waals surface area contributed by atoms with Gasteiger partial charge >= 0.3 is 0 Å². The van der Waals surface area contributed by atoms with Gasteiger partial charge < -0.3 is 5.73 Å². The van der Waals surface area contributed by atoms with Crippen LogP contribution in [-0.2, 0) is 11.8 Å². The summed E-state index contributed by atoms with van der Waals surface area (Å²) >= 11 is 0. The number of nitrogens with two attached hydrogens (primary N) is 1. The molecule has 0 unspecified atom stereocenters. The topological polar surface area (TPSA) is 26.0 Å². The van der Waals surface area contributed by atoms with Crippen molar-refractivity contribution in [2.45, 2.75) is 32.1 Å². The molecule has 1 aromatic rings. The summed E-state index contributed by atoms with van der Waals surface area (Å²) in [5.74, 6) is -0.141. The molecule has 78 valence electrons. The second-order valence-corrected chi connectivity index (χ2v) is 4.42. The van der Waals surface area contributed by atoms with Crippen LogP contribution in [-0.4, -0.2) is 0 Å². The molecule has 2 N–H and O–H groups in total. The normalized spacial score (nSPS) is 17.4. The molecular weight excluding hydrogens is 201 g/mol. The number of benzene rings is 1. The Morgan fingerprint density at radius 2 is 2.00 bits per heavy atom. The van der Waals surface area contributed by atoms with Crippen molar-refractivity contribution in [2.24, 2.45) is 0 Å². The minimum atomic E-state index is -0.141. The first kappa shape index (κ1) is 11.3. The Morgan fingerprint density at radius 3 is 2.64 bits per heavy atom. The molecule has 1 aliphatic carbocycles. The predicted octanol–water partition coefficient (Wildman–Crippen LogP) is 3.05. The van der Waals surface area contributed by atoms with Crippen molar-refractivity contribution in [2.75, 3.05) is 5.73 Å². The number of fused-ring (bicyclic) bond motifs is 1. The maximum Gasteiger partial charge on any atom is 0.129 e. The molecule has 0 saturated heterocycles. The molecule has 0 saturated carbocycles. The van der Waals surface area contributed by atoms with E-state index in [0.29, 0.717) is 5.69 Å². The maximum atomic E-state index is 13.6. The van der Waals surface area contributed by atoms with Crippen LogP contribution in [0.1, 0.15) is 31.4 Å². The molecule has 0 radical (unpaired) electrons. The molecule has 14 heavy (non-hydrogen) atoms. The Kier molecular flexibility index (Phi) is 2.77. The lowest BCUT2D eigenvalue weighted by atomic mass is 9.86. The van der Waals surface area contributed by atoms with Crippen LogP contribution in [0.25, 0.3) is 0 Å². The third kappa shape index (κ3) is 1.59. The molecular formula is C11H15ClFN. The zero-order chi connectivity index (χ0) is 9.64. The van der Waals surface area contributed by atoms with E-state index in [1.165, 1.54) is 6.07 Å². The third-order valence-corrected chi connectivity index (χ3v) is 2.89. The summed E-state index contributed by atoms with van der Waals surface area (Å²) in [6.45, 7) is 4.16. The average molecular weight is 216 g/mol. The van der Waals surface area contributed by atoms with Crippen LogP contribution in [0.5, 0.6) is 0 Å². The molecule has 0 aliphatic heterocycles. The highest BCUT2D eigenvalue weighted by atomic mass is 35.5. The van der Waals surface area contributed by atoms with Crippen molar-refractivity contribution in [1.29, 1.82) is 0 Å². The number of halogens is 2. The number of anilines is 1. The van der Waals surface area contributed by atoms with Gasteiger partial charge in [0, 0.05) is 5.69 Å². The quantitative estimate of drug-likeness (QED) is 0.662. The molecule has 0 fully saturated rings. The molecule has 0 aromatic heterocycles. The zero-order valence-corrected chi connectivity index (χ0v) is 9.25. The lowest BCUT2D eigenvalue weighted by Gasteiger charge is -2.19. The number of nitrogen functional groups attached to an aromatic ring is 1. The minimum Gasteiger partial charge on any atom is -0.399 e. The predicted molar refractivity (Wildman–Crippen MR) is 59.4 cm³/mol. The molecule has 2 rings (SSSR count). The summed E-state index contributed by atoms with van der Waals surface area (Å²) in [6, 6.07) is 3.32. The first-order valence-electron chi connectivity index (χ1n) is 4.59. The Morgan fingerprint density at radius 1 is 1.36 bits per heavy atom. The minimum absolute atomic E-state index is 0. The van der Waals surface area contributed by atoms with Gasteiger partial charge in [-0.05, 0) is 41.5 Å². The van der Waals surface area contributed by atoms with Crippen molar-refractivity contribution in [1.82, 2.24) is 0 Å². The van der Waals surface area contributed by atoms with Gasteiger partial charge in [-0.1, -0.05) is 13.8 Å². The largest absolute Gasteiger partial charge is 0.399 e. The highest BCUT2D eigenvalue weighted by Crippen LogP contribution is 2.40. The van der Waals surface area contributed by atoms with Crippen LogP contribution >= 0.6 is 12.4 Å². The van der Waals surface area contributed by atoms with Crippen molar-refractivity contribution in [3.63, 3.8) is 0 Å². The summed E-state index contributed by atoms with van der Waals surface area (Å²) in [5, 5.41) is 0. The summed E-state index contributed by atoms with van der Waals surface area (Å²) in [7, 11) is 0. The van der Waals surface area contributed by atoms with Gasteiger partial charge in [-0.15, -0.1) is 12.4 Å². The number of rotatable bonds is 0. The summed E-state index contributed by atoms with van der Waals surface area (Å²) in [4.78, 5) is 0. The molecule has 0 spiro atoms. The van der Waals surface area contributed by atoms with Gasteiger partial charge in [-0.3, -0.25) is 0 Å². The first-order valence-corrected chi connectivity index (χ1v) is 4.59. The summed E-state index contributed by atoms with van der Waals surface area (Å²) < 4.78 is 13.6. The van der Waals surface area contributed by atoms with E-state index in [1.807, 2.05) is 6.07 Å². The van der Waals surface area contributed by atoms with Crippen LogP contribution in [0.3, 0.4) is 0 Å². The van der Waals surface area contributed by atoms with Crippen LogP contribution < -0.4 is 5.73 Å². The van der Waals surface area contributed by atoms with Gasteiger partial charge in [0.2, 0.25) is 0 Å². The van der Waals surface area contributed by atoms with Gasteiger partial charge in [0.25, 0.3) is 0 Å². The van der Waals surface area contributed by atoms with Crippen molar-refractivity contribution >= 4 is 18.1 Å². The van der Waals surface area contributed by atoms with E-state index in [1.54, 1.807) is 0 Å². The van der Waals surface area contributed by atoms with E-state index in [9.17, 15) is 4.39 Å². The number of hydrogen-bond donors (Lipinski definition) is 1. The Hall–Kier alpha value is -0.760. The lowest BCUT2D eigenvalue weighted by Crippen LogP contribution is -2.14. The fourth-order valence-electron chi connectivity index (χ4n) is 2.21. The third-order valence-electron chi connectivity index (χ3n) is 2.89. The van der Waals surface area contributed by atoms with Gasteiger partial charge in [0.1, 0.15) is 5.82 Å². The zero-order valence-electron chi connectivity index (χ0n) is 8.43. The maximum absolute atomic E-state index is 13.6. The molecule has 1 aromatic carbocycles. The highest BCUT2D eigenvalue weighted by molar-refractivity contribution is 5.85. The Labute approximate surface area is 89.9 Å². The highest BCUT2D eigenvalue weighted by Gasteiger charge is 2.32. The van der Waals surface area contributed by atoms with Crippen LogP contribution in [0.15, 0.2) is 12.1 Å². The second-order valence-electron chi connectivity index (χ2n) is 4.42. The molecule has 0 amide bonds. The van der Waals surface area contributed by atoms with Gasteiger partial charge in [-0.25, -0.2) is 4.39 Å². The van der Waals surface area contributed by atoms with Crippen LogP contribution in [0.4, 0.5) is 10.1 Å². The molecule has 0 bridgehead atoms. The number of aryl methyl sites for hydroxylation is 1. The van der Waals surface area contributed by atoms with Gasteiger partial charge in [0.15, 0.2) is 0 Å².